The number of hydrogen-bond acceptors (Lipinski definition) is 7. The van der Waals surface area contributed by atoms with Crippen LogP contribution in [0.15, 0.2) is 28.1 Å². The Morgan fingerprint density at radius 3 is 3.00 bits per heavy atom. The summed E-state index contributed by atoms with van der Waals surface area (Å²) in [4.78, 5) is 16.6. The second kappa shape index (κ2) is 7.75. The highest BCUT2D eigenvalue weighted by Gasteiger charge is 2.12. The van der Waals surface area contributed by atoms with E-state index >= 15 is 0 Å². The molecule has 22 heavy (non-hydrogen) atoms. The molecular formula is C13H7Cl2N3O3S. The third-order valence-electron chi connectivity index (χ3n) is 2.22. The number of ether oxygens (including phenoxy) is 1. The first kappa shape index (κ1) is 16.2. The third-order valence-corrected chi connectivity index (χ3v) is 3.32. The average molecular weight is 356 g/mol. The second-order valence-electron chi connectivity index (χ2n) is 3.69. The van der Waals surface area contributed by atoms with Gasteiger partial charge in [-0.2, -0.15) is 4.37 Å². The first-order valence-electron chi connectivity index (χ1n) is 5.70. The molecule has 0 radical (unpaired) electrons. The maximum absolute atomic E-state index is 11.8. The lowest BCUT2D eigenvalue weighted by molar-refractivity contribution is 0.181. The number of halogens is 2. The molecule has 0 saturated heterocycles. The summed E-state index contributed by atoms with van der Waals surface area (Å²) < 4.78 is 12.8. The van der Waals surface area contributed by atoms with Crippen molar-refractivity contribution in [1.29, 1.82) is 0 Å². The number of terminal acetylenes is 1. The SMILES string of the molecule is C#CCO/N=C/c1cc(Cl)ccc1Oc1nsnc(Cl)c1=O. The van der Waals surface area contributed by atoms with Gasteiger partial charge in [-0.3, -0.25) is 4.79 Å². The molecule has 0 bridgehead atoms. The predicted octanol–water partition coefficient (Wildman–Crippen LogP) is 2.98. The molecule has 1 aromatic heterocycles. The molecule has 1 aromatic carbocycles. The molecular weight excluding hydrogens is 349 g/mol. The van der Waals surface area contributed by atoms with E-state index in [-0.39, 0.29) is 17.6 Å². The predicted molar refractivity (Wildman–Crippen MR) is 85.1 cm³/mol. The average Bonchev–Trinajstić information content (AvgIpc) is 2.50. The minimum atomic E-state index is -0.609. The second-order valence-corrected chi connectivity index (χ2v) is 5.01. The summed E-state index contributed by atoms with van der Waals surface area (Å²) in [6, 6.07) is 4.73. The van der Waals surface area contributed by atoms with Crippen LogP contribution in [-0.4, -0.2) is 21.6 Å². The van der Waals surface area contributed by atoms with Crippen LogP contribution < -0.4 is 10.2 Å². The van der Waals surface area contributed by atoms with E-state index in [1.165, 1.54) is 6.21 Å². The Bertz CT molecular complexity index is 802. The summed E-state index contributed by atoms with van der Waals surface area (Å²) in [7, 11) is 0. The van der Waals surface area contributed by atoms with E-state index < -0.39 is 5.43 Å². The normalized spacial score (nSPS) is 10.4. The Hall–Kier alpha value is -2.14. The van der Waals surface area contributed by atoms with Crippen LogP contribution in [0.25, 0.3) is 0 Å². The Labute approximate surface area is 139 Å². The lowest BCUT2D eigenvalue weighted by Crippen LogP contribution is -2.08. The van der Waals surface area contributed by atoms with Crippen molar-refractivity contribution in [2.75, 3.05) is 6.61 Å². The molecule has 9 heteroatoms. The molecule has 0 amide bonds. The molecule has 0 unspecified atom stereocenters. The molecule has 0 N–H and O–H groups in total. The summed E-state index contributed by atoms with van der Waals surface area (Å²) >= 11 is 12.3. The van der Waals surface area contributed by atoms with Gasteiger partial charge in [0.25, 0.3) is 11.3 Å². The van der Waals surface area contributed by atoms with Crippen molar-refractivity contribution in [2.24, 2.45) is 5.16 Å². The molecule has 0 spiro atoms. The van der Waals surface area contributed by atoms with Gasteiger partial charge in [0.2, 0.25) is 0 Å². The Morgan fingerprint density at radius 1 is 1.41 bits per heavy atom. The van der Waals surface area contributed by atoms with Gasteiger partial charge in [0.1, 0.15) is 5.75 Å². The standard InChI is InChI=1S/C13H7Cl2N3O3S/c1-2-5-20-16-7-8-6-9(14)3-4-10(8)21-13-11(19)12(15)17-22-18-13/h1,3-4,6-7H,5H2/b16-7+. The molecule has 6 nitrogen and oxygen atoms in total. The third kappa shape index (κ3) is 4.18. The van der Waals surface area contributed by atoms with Gasteiger partial charge in [-0.15, -0.1) is 10.8 Å². The number of rotatable bonds is 5. The van der Waals surface area contributed by atoms with E-state index in [2.05, 4.69) is 19.8 Å². The maximum atomic E-state index is 11.8. The van der Waals surface area contributed by atoms with Crippen molar-refractivity contribution in [2.45, 2.75) is 0 Å². The minimum absolute atomic E-state index is 0.0289. The van der Waals surface area contributed by atoms with Crippen LogP contribution in [0.5, 0.6) is 11.6 Å². The Balaban J connectivity index is 2.31. The monoisotopic (exact) mass is 355 g/mol. The molecule has 0 aliphatic heterocycles. The van der Waals surface area contributed by atoms with Gasteiger partial charge in [-0.05, 0) is 18.2 Å². The molecule has 0 aliphatic rings. The molecule has 112 valence electrons. The van der Waals surface area contributed by atoms with Crippen molar-refractivity contribution in [3.05, 3.63) is 44.2 Å². The number of hydrogen-bond donors (Lipinski definition) is 0. The zero-order valence-electron chi connectivity index (χ0n) is 10.8. The van der Waals surface area contributed by atoms with Gasteiger partial charge in [-0.1, -0.05) is 34.3 Å². The Morgan fingerprint density at radius 2 is 2.23 bits per heavy atom. The molecule has 1 heterocycles. The van der Waals surface area contributed by atoms with Crippen LogP contribution in [0.2, 0.25) is 10.2 Å². The lowest BCUT2D eigenvalue weighted by atomic mass is 10.2. The quantitative estimate of drug-likeness (QED) is 0.356. The smallest absolute Gasteiger partial charge is 0.283 e. The van der Waals surface area contributed by atoms with E-state index in [4.69, 9.17) is 39.2 Å². The van der Waals surface area contributed by atoms with Crippen molar-refractivity contribution in [3.63, 3.8) is 0 Å². The largest absolute Gasteiger partial charge is 0.434 e. The van der Waals surface area contributed by atoms with E-state index in [0.29, 0.717) is 16.3 Å². The van der Waals surface area contributed by atoms with Gasteiger partial charge in [0.05, 0.1) is 17.9 Å². The van der Waals surface area contributed by atoms with E-state index in [1.54, 1.807) is 18.2 Å². The van der Waals surface area contributed by atoms with Crippen molar-refractivity contribution in [1.82, 2.24) is 8.75 Å². The number of oxime groups is 1. The Kier molecular flexibility index (Phi) is 5.72. The van der Waals surface area contributed by atoms with Gasteiger partial charge >= 0.3 is 0 Å². The molecule has 2 rings (SSSR count). The zero-order valence-corrected chi connectivity index (χ0v) is 13.2. The summed E-state index contributed by atoms with van der Waals surface area (Å²) in [5, 5.41) is 3.92. The van der Waals surface area contributed by atoms with Crippen molar-refractivity contribution < 1.29 is 9.57 Å². The van der Waals surface area contributed by atoms with Gasteiger partial charge in [0.15, 0.2) is 11.8 Å². The van der Waals surface area contributed by atoms with Gasteiger partial charge < -0.3 is 9.57 Å². The molecule has 2 aromatic rings. The van der Waals surface area contributed by atoms with Gasteiger partial charge in [-0.25, -0.2) is 0 Å². The fourth-order valence-corrected chi connectivity index (χ4v) is 2.06. The van der Waals surface area contributed by atoms with Crippen molar-refractivity contribution >= 4 is 41.1 Å². The number of aromatic nitrogens is 2. The number of nitrogens with zero attached hydrogens (tertiary/aromatic N) is 3. The zero-order chi connectivity index (χ0) is 15.9. The summed E-state index contributed by atoms with van der Waals surface area (Å²) in [5.41, 5.74) is -0.134. The topological polar surface area (TPSA) is 73.7 Å². The van der Waals surface area contributed by atoms with Crippen LogP contribution >= 0.6 is 34.9 Å². The number of benzene rings is 1. The summed E-state index contributed by atoms with van der Waals surface area (Å²) in [6.45, 7) is 0.0289. The summed E-state index contributed by atoms with van der Waals surface area (Å²) in [6.07, 6.45) is 6.40. The van der Waals surface area contributed by atoms with Crippen LogP contribution in [0.4, 0.5) is 0 Å². The van der Waals surface area contributed by atoms with E-state index in [1.807, 2.05) is 0 Å². The summed E-state index contributed by atoms with van der Waals surface area (Å²) in [5.74, 6) is 2.38. The van der Waals surface area contributed by atoms with Crippen LogP contribution in [0.3, 0.4) is 0 Å². The lowest BCUT2D eigenvalue weighted by Gasteiger charge is -2.07. The molecule has 0 atom stereocenters. The maximum Gasteiger partial charge on any atom is 0.283 e. The molecule has 0 fully saturated rings. The van der Waals surface area contributed by atoms with E-state index in [9.17, 15) is 4.79 Å². The fraction of sp³-hybridized carbons (Fsp3) is 0.0769. The first-order valence-corrected chi connectivity index (χ1v) is 7.19. The van der Waals surface area contributed by atoms with Gasteiger partial charge in [0, 0.05) is 10.6 Å². The van der Waals surface area contributed by atoms with Crippen LogP contribution in [0.1, 0.15) is 5.56 Å². The van der Waals surface area contributed by atoms with Crippen LogP contribution in [-0.2, 0) is 4.84 Å². The highest BCUT2D eigenvalue weighted by atomic mass is 35.5. The first-order chi connectivity index (χ1) is 10.6. The fourth-order valence-electron chi connectivity index (χ4n) is 1.32. The highest BCUT2D eigenvalue weighted by Crippen LogP contribution is 2.25. The highest BCUT2D eigenvalue weighted by molar-refractivity contribution is 6.99. The van der Waals surface area contributed by atoms with E-state index in [0.717, 1.165) is 11.7 Å². The molecule has 0 aliphatic carbocycles. The molecule has 0 saturated carbocycles. The minimum Gasteiger partial charge on any atom is -0.434 e. The van der Waals surface area contributed by atoms with Crippen LogP contribution in [0, 0.1) is 12.3 Å². The van der Waals surface area contributed by atoms with Crippen molar-refractivity contribution in [3.8, 4) is 24.0 Å².